The molecule has 0 amide bonds. The van der Waals surface area contributed by atoms with Crippen LogP contribution in [-0.2, 0) is 0 Å². The van der Waals surface area contributed by atoms with Gasteiger partial charge < -0.3 is 6.87 Å². The molecular formula is H3IO3Sr. The van der Waals surface area contributed by atoms with E-state index < -0.39 is 21.1 Å². The van der Waals surface area contributed by atoms with E-state index in [0.717, 1.165) is 0 Å². The number of halogens is 1. The van der Waals surface area contributed by atoms with Crippen LogP contribution in [0.25, 0.3) is 0 Å². The van der Waals surface area contributed by atoms with E-state index in [1.165, 1.54) is 0 Å². The van der Waals surface area contributed by atoms with Crippen molar-refractivity contribution in [3.05, 3.63) is 0 Å². The third kappa shape index (κ3) is 23.3. The van der Waals surface area contributed by atoms with Gasteiger partial charge in [-0.15, -0.1) is 0 Å². The van der Waals surface area contributed by atoms with Crippen LogP contribution in [0.4, 0.5) is 0 Å². The molecule has 3 nitrogen and oxygen atoms in total. The van der Waals surface area contributed by atoms with Gasteiger partial charge in [0.2, 0.25) is 0 Å². The van der Waals surface area contributed by atoms with Crippen LogP contribution in [0.5, 0.6) is 0 Å². The van der Waals surface area contributed by atoms with Crippen molar-refractivity contribution in [2.24, 2.45) is 0 Å². The normalized spacial score (nSPS) is 7.20. The van der Waals surface area contributed by atoms with Crippen molar-refractivity contribution in [3.8, 4) is 0 Å². The van der Waals surface area contributed by atoms with Gasteiger partial charge in [-0.2, -0.15) is 0 Å². The van der Waals surface area contributed by atoms with Crippen LogP contribution >= 0.6 is 0 Å². The van der Waals surface area contributed by atoms with Crippen molar-refractivity contribution in [3.63, 3.8) is 0 Å². The zero-order chi connectivity index (χ0) is 3.58. The molecule has 0 heterocycles. The van der Waals surface area contributed by atoms with Crippen molar-refractivity contribution < 1.29 is 31.4 Å². The molecule has 0 bridgehead atoms. The minimum atomic E-state index is -3.76. The van der Waals surface area contributed by atoms with E-state index in [4.69, 9.17) is 10.3 Å². The average Bonchev–Trinajstić information content (AvgIpc) is 0.811. The molecule has 0 radical (unpaired) electrons. The van der Waals surface area contributed by atoms with Crippen LogP contribution in [0.1, 0.15) is 0 Å². The summed E-state index contributed by atoms with van der Waals surface area (Å²) < 4.78 is 24.5. The number of rotatable bonds is 0. The molecule has 0 aliphatic rings. The first kappa shape index (κ1) is 10.1. The molecule has 5 heavy (non-hydrogen) atoms. The number of hydrogen-bond acceptors (Lipinski definition) is 3. The van der Waals surface area contributed by atoms with Crippen molar-refractivity contribution in [1.29, 1.82) is 0 Å². The van der Waals surface area contributed by atoms with Gasteiger partial charge in [-0.25, -0.2) is 0 Å². The Labute approximate surface area is 75.3 Å². The van der Waals surface area contributed by atoms with Crippen LogP contribution < -0.4 is 27.9 Å². The fraction of sp³-hybridized carbons (Fsp3) is 0. The molecule has 0 aromatic rings. The first-order chi connectivity index (χ1) is 1.73. The van der Waals surface area contributed by atoms with E-state index in [1.54, 1.807) is 0 Å². The van der Waals surface area contributed by atoms with Crippen LogP contribution in [0, 0.1) is 0 Å². The summed E-state index contributed by atoms with van der Waals surface area (Å²) in [6.45, 7) is 0. The average molecular weight is 266 g/mol. The fourth-order valence-corrected chi connectivity index (χ4v) is 0. The predicted octanol–water partition coefficient (Wildman–Crippen LogP) is -6.85. The van der Waals surface area contributed by atoms with Gasteiger partial charge in [-0.3, -0.25) is 0 Å². The monoisotopic (exact) mass is 266 g/mol. The molecule has 0 aromatic heterocycles. The van der Waals surface area contributed by atoms with E-state index in [1.807, 2.05) is 0 Å². The Morgan fingerprint density at radius 1 is 1.40 bits per heavy atom. The molecule has 0 fully saturated rings. The summed E-state index contributed by atoms with van der Waals surface area (Å²) in [6, 6.07) is 0. The van der Waals surface area contributed by atoms with Crippen LogP contribution in [0.2, 0.25) is 0 Å². The van der Waals surface area contributed by atoms with Gasteiger partial charge in [0.1, 0.15) is 0 Å². The number of hydrogen-bond donors (Lipinski definition) is 1. The quantitative estimate of drug-likeness (QED) is 0.350. The van der Waals surface area contributed by atoms with E-state index in [0.29, 0.717) is 0 Å². The molecule has 1 N–H and O–H groups in total. The van der Waals surface area contributed by atoms with E-state index in [9.17, 15) is 0 Å². The first-order valence-corrected chi connectivity index (χ1v) is 3.20. The van der Waals surface area contributed by atoms with Gasteiger partial charge in [0.05, 0.1) is 0 Å². The Balaban J connectivity index is 0. The molecule has 0 rings (SSSR count). The molecular weight excluding hydrogens is 263 g/mol. The molecule has 0 saturated carbocycles. The maximum absolute atomic E-state index is 8.68. The third-order valence-corrected chi connectivity index (χ3v) is 0. The summed E-state index contributed by atoms with van der Waals surface area (Å²) in [6.07, 6.45) is 0. The molecule has 30 valence electrons. The Hall–Kier alpha value is 2.09. The topological polar surface area (TPSA) is 66.3 Å². The minimum absolute atomic E-state index is 0. The third-order valence-electron chi connectivity index (χ3n) is 0. The zero-order valence-corrected chi connectivity index (χ0v) is 3.80. The second kappa shape index (κ2) is 6.09. The van der Waals surface area contributed by atoms with Crippen LogP contribution in [-0.4, -0.2) is 48.9 Å². The molecule has 0 unspecified atom stereocenters. The summed E-state index contributed by atoms with van der Waals surface area (Å²) in [5, 5.41) is 0. The summed E-state index contributed by atoms with van der Waals surface area (Å²) in [5.41, 5.74) is 0. The van der Waals surface area contributed by atoms with Crippen LogP contribution in [0.15, 0.2) is 0 Å². The predicted molar refractivity (Wildman–Crippen MR) is 10.8 cm³/mol. The van der Waals surface area contributed by atoms with Gasteiger partial charge in [-0.1, -0.05) is 0 Å². The summed E-state index contributed by atoms with van der Waals surface area (Å²) in [7, 11) is 0. The van der Waals surface area contributed by atoms with Gasteiger partial charge >= 0.3 is 66.5 Å². The Morgan fingerprint density at radius 2 is 1.40 bits per heavy atom. The van der Waals surface area contributed by atoms with Gasteiger partial charge in [0.25, 0.3) is 0 Å². The van der Waals surface area contributed by atoms with Crippen LogP contribution in [0.3, 0.4) is 0 Å². The van der Waals surface area contributed by atoms with Crippen molar-refractivity contribution in [2.45, 2.75) is 0 Å². The molecule has 0 aliphatic carbocycles. The summed E-state index contributed by atoms with van der Waals surface area (Å²) >= 11 is -3.76. The van der Waals surface area contributed by atoms with E-state index in [2.05, 4.69) is 0 Å². The summed E-state index contributed by atoms with van der Waals surface area (Å²) in [5.74, 6) is 0. The zero-order valence-electron chi connectivity index (χ0n) is 1.64. The summed E-state index contributed by atoms with van der Waals surface area (Å²) in [4.78, 5) is 0. The van der Waals surface area contributed by atoms with E-state index in [-0.39, 0.29) is 45.5 Å². The van der Waals surface area contributed by atoms with Crippen molar-refractivity contribution in [1.82, 2.24) is 0 Å². The first-order valence-electron chi connectivity index (χ1n) is 0.478. The van der Waals surface area contributed by atoms with Crippen molar-refractivity contribution >= 4 is 45.5 Å². The van der Waals surface area contributed by atoms with Crippen molar-refractivity contribution in [2.75, 3.05) is 0 Å². The SMILES string of the molecule is [O-][I+2]([O-])O.[SrH2]. The fourth-order valence-electron chi connectivity index (χ4n) is 0. The molecule has 5 heteroatoms. The Kier molecular flexibility index (Phi) is 12.4. The molecule has 0 aliphatic heterocycles. The van der Waals surface area contributed by atoms with Gasteiger partial charge in [0.15, 0.2) is 0 Å². The van der Waals surface area contributed by atoms with E-state index >= 15 is 0 Å². The second-order valence-electron chi connectivity index (χ2n) is 0.201. The maximum atomic E-state index is 8.68. The Morgan fingerprint density at radius 3 is 1.40 bits per heavy atom. The second-order valence-corrected chi connectivity index (χ2v) is 1.35. The molecule has 0 spiro atoms. The molecule has 0 atom stereocenters. The molecule has 0 saturated heterocycles. The Bertz CT molecular complexity index is 11.6. The van der Waals surface area contributed by atoms with Gasteiger partial charge in [-0.05, 0) is 3.44 Å². The standard InChI is InChI=1S/HIO3.Sr.2H/c2-1(3)4;;;/h2H;;;. The van der Waals surface area contributed by atoms with Gasteiger partial charge in [0, 0.05) is 0 Å². The molecule has 0 aromatic carbocycles.